The van der Waals surface area contributed by atoms with E-state index in [1.165, 1.54) is 0 Å². The first-order chi connectivity index (χ1) is 16.5. The molecule has 0 aromatic heterocycles. The monoisotopic (exact) mass is 478 g/mol. The van der Waals surface area contributed by atoms with Crippen LogP contribution in [0.1, 0.15) is 42.5 Å². The van der Waals surface area contributed by atoms with E-state index in [-0.39, 0.29) is 11.8 Å². The number of carbonyl (C=O) groups excluding carboxylic acids is 2. The second-order valence-electron chi connectivity index (χ2n) is 8.10. The highest BCUT2D eigenvalue weighted by molar-refractivity contribution is 6.30. The minimum atomic E-state index is -0.730. The molecule has 0 saturated heterocycles. The second kappa shape index (κ2) is 12.8. The van der Waals surface area contributed by atoms with Gasteiger partial charge in [-0.2, -0.15) is 0 Å². The van der Waals surface area contributed by atoms with Crippen molar-refractivity contribution in [3.63, 3.8) is 0 Å². The van der Waals surface area contributed by atoms with Crippen molar-refractivity contribution in [3.8, 4) is 5.75 Å². The highest BCUT2D eigenvalue weighted by atomic mass is 35.5. The molecule has 0 aliphatic heterocycles. The summed E-state index contributed by atoms with van der Waals surface area (Å²) in [6.45, 7) is 2.75. The first-order valence-corrected chi connectivity index (χ1v) is 11.9. The first kappa shape index (κ1) is 25.3. The van der Waals surface area contributed by atoms with Crippen LogP contribution < -0.4 is 10.1 Å². The fourth-order valence-corrected chi connectivity index (χ4v) is 3.92. The van der Waals surface area contributed by atoms with Crippen LogP contribution in [0.4, 0.5) is 0 Å². The zero-order valence-corrected chi connectivity index (χ0v) is 20.4. The Morgan fingerprint density at radius 3 is 2.21 bits per heavy atom. The normalized spacial score (nSPS) is 11.5. The molecule has 2 amide bonds. The quantitative estimate of drug-likeness (QED) is 0.391. The summed E-state index contributed by atoms with van der Waals surface area (Å²) in [5.41, 5.74) is 2.79. The molecule has 0 aliphatic rings. The van der Waals surface area contributed by atoms with Crippen molar-refractivity contribution in [2.75, 3.05) is 13.7 Å². The lowest BCUT2D eigenvalue weighted by atomic mass is 10.0. The molecule has 1 N–H and O–H groups in total. The van der Waals surface area contributed by atoms with E-state index in [0.717, 1.165) is 22.4 Å². The highest BCUT2D eigenvalue weighted by Gasteiger charge is 2.30. The zero-order chi connectivity index (χ0) is 24.3. The summed E-state index contributed by atoms with van der Waals surface area (Å²) in [5.74, 6) is 0.541. The van der Waals surface area contributed by atoms with Gasteiger partial charge in [-0.15, -0.1) is 0 Å². The minimum Gasteiger partial charge on any atom is -0.497 e. The fourth-order valence-electron chi connectivity index (χ4n) is 3.79. The molecule has 0 spiro atoms. The van der Waals surface area contributed by atoms with Crippen LogP contribution in [0, 0.1) is 0 Å². The van der Waals surface area contributed by atoms with Gasteiger partial charge in [0.25, 0.3) is 0 Å². The summed E-state index contributed by atoms with van der Waals surface area (Å²) in [5, 5.41) is 3.68. The molecule has 0 unspecified atom stereocenters. The van der Waals surface area contributed by atoms with Crippen LogP contribution in [0.3, 0.4) is 0 Å². The second-order valence-corrected chi connectivity index (χ2v) is 8.54. The van der Waals surface area contributed by atoms with Crippen LogP contribution in [0.25, 0.3) is 0 Å². The molecule has 1 atom stereocenters. The molecular formula is C28H31ClN2O3. The molecule has 0 heterocycles. The van der Waals surface area contributed by atoms with Gasteiger partial charge < -0.3 is 15.0 Å². The van der Waals surface area contributed by atoms with Gasteiger partial charge in [-0.3, -0.25) is 9.59 Å². The molecule has 0 bridgehead atoms. The number of methoxy groups -OCH3 is 1. The largest absolute Gasteiger partial charge is 0.497 e. The number of halogens is 1. The van der Waals surface area contributed by atoms with E-state index >= 15 is 0 Å². The summed E-state index contributed by atoms with van der Waals surface area (Å²) in [4.78, 5) is 28.4. The zero-order valence-electron chi connectivity index (χ0n) is 19.7. The Labute approximate surface area is 206 Å². The van der Waals surface area contributed by atoms with Gasteiger partial charge in [-0.05, 0) is 53.8 Å². The van der Waals surface area contributed by atoms with Crippen LogP contribution in [0.5, 0.6) is 5.75 Å². The molecule has 6 heteroatoms. The molecule has 3 rings (SSSR count). The number of benzene rings is 3. The molecule has 0 radical (unpaired) electrons. The summed E-state index contributed by atoms with van der Waals surface area (Å²) in [6.07, 6.45) is 1.75. The van der Waals surface area contributed by atoms with Crippen molar-refractivity contribution in [3.05, 3.63) is 101 Å². The van der Waals surface area contributed by atoms with Crippen molar-refractivity contribution >= 4 is 23.4 Å². The maximum atomic E-state index is 13.5. The lowest BCUT2D eigenvalue weighted by molar-refractivity contribution is -0.141. The van der Waals surface area contributed by atoms with Crippen molar-refractivity contribution < 1.29 is 14.3 Å². The van der Waals surface area contributed by atoms with Gasteiger partial charge in [0.1, 0.15) is 11.8 Å². The van der Waals surface area contributed by atoms with E-state index in [4.69, 9.17) is 16.3 Å². The molecule has 0 fully saturated rings. The molecule has 5 nitrogen and oxygen atoms in total. The topological polar surface area (TPSA) is 58.6 Å². The molecule has 34 heavy (non-hydrogen) atoms. The maximum absolute atomic E-state index is 13.5. The number of nitrogens with zero attached hydrogens (tertiary/aromatic N) is 1. The van der Waals surface area contributed by atoms with E-state index < -0.39 is 6.04 Å². The number of amides is 2. The Morgan fingerprint density at radius 2 is 1.59 bits per heavy atom. The fraction of sp³-hybridized carbons (Fsp3) is 0.286. The van der Waals surface area contributed by atoms with Gasteiger partial charge in [-0.25, -0.2) is 0 Å². The SMILES string of the molecule is CCCC(=O)N(Cc1ccc(Cl)cc1)[C@H](C(=O)NCCc1ccc(OC)cc1)c1ccccc1. The Morgan fingerprint density at radius 1 is 0.941 bits per heavy atom. The van der Waals surface area contributed by atoms with Gasteiger partial charge >= 0.3 is 0 Å². The van der Waals surface area contributed by atoms with E-state index in [9.17, 15) is 9.59 Å². The smallest absolute Gasteiger partial charge is 0.247 e. The third-order valence-corrected chi connectivity index (χ3v) is 5.85. The van der Waals surface area contributed by atoms with Crippen molar-refractivity contribution in [1.29, 1.82) is 0 Å². The van der Waals surface area contributed by atoms with E-state index in [0.29, 0.717) is 37.4 Å². The van der Waals surface area contributed by atoms with Gasteiger partial charge in [0.05, 0.1) is 7.11 Å². The molecule has 0 aliphatic carbocycles. The third kappa shape index (κ3) is 7.09. The number of hydrogen-bond donors (Lipinski definition) is 1. The average Bonchev–Trinajstić information content (AvgIpc) is 2.86. The minimum absolute atomic E-state index is 0.0587. The van der Waals surface area contributed by atoms with Crippen molar-refractivity contribution in [2.45, 2.75) is 38.8 Å². The number of rotatable bonds is 11. The molecule has 3 aromatic rings. The van der Waals surface area contributed by atoms with Crippen LogP contribution >= 0.6 is 11.6 Å². The Kier molecular flexibility index (Phi) is 9.53. The summed E-state index contributed by atoms with van der Waals surface area (Å²) < 4.78 is 5.20. The predicted octanol–water partition coefficient (Wildman–Crippen LogP) is 5.58. The van der Waals surface area contributed by atoms with E-state index in [1.807, 2.05) is 73.7 Å². The number of hydrogen-bond acceptors (Lipinski definition) is 3. The maximum Gasteiger partial charge on any atom is 0.247 e. The van der Waals surface area contributed by atoms with Gasteiger partial charge in [0.15, 0.2) is 0 Å². The van der Waals surface area contributed by atoms with Crippen LogP contribution in [0.2, 0.25) is 5.02 Å². The number of ether oxygens (including phenoxy) is 1. The van der Waals surface area contributed by atoms with E-state index in [2.05, 4.69) is 5.32 Å². The van der Waals surface area contributed by atoms with Crippen molar-refractivity contribution in [2.24, 2.45) is 0 Å². The van der Waals surface area contributed by atoms with Gasteiger partial charge in [0, 0.05) is 24.5 Å². The predicted molar refractivity (Wildman–Crippen MR) is 136 cm³/mol. The molecule has 3 aromatic carbocycles. The third-order valence-electron chi connectivity index (χ3n) is 5.60. The first-order valence-electron chi connectivity index (χ1n) is 11.5. The number of carbonyl (C=O) groups is 2. The van der Waals surface area contributed by atoms with Crippen LogP contribution in [-0.4, -0.2) is 30.4 Å². The van der Waals surface area contributed by atoms with Gasteiger partial charge in [0.2, 0.25) is 11.8 Å². The molecular weight excluding hydrogens is 448 g/mol. The molecule has 178 valence electrons. The van der Waals surface area contributed by atoms with Crippen molar-refractivity contribution in [1.82, 2.24) is 10.2 Å². The highest BCUT2D eigenvalue weighted by Crippen LogP contribution is 2.25. The summed E-state index contributed by atoms with van der Waals surface area (Å²) in [7, 11) is 1.63. The standard InChI is InChI=1S/C28H31ClN2O3/c1-3-7-26(32)31(20-22-10-14-24(29)15-11-22)27(23-8-5-4-6-9-23)28(33)30-19-18-21-12-16-25(34-2)17-13-21/h4-6,8-17,27H,3,7,18-20H2,1-2H3,(H,30,33)/t27-/m0/s1. The summed E-state index contributed by atoms with van der Waals surface area (Å²) >= 11 is 6.04. The Hall–Kier alpha value is -3.31. The lowest BCUT2D eigenvalue weighted by Crippen LogP contribution is -2.43. The van der Waals surface area contributed by atoms with E-state index in [1.54, 1.807) is 24.1 Å². The Balaban J connectivity index is 1.81. The average molecular weight is 479 g/mol. The summed E-state index contributed by atoms with van der Waals surface area (Å²) in [6, 6.07) is 23.9. The Bertz CT molecular complexity index is 1050. The van der Waals surface area contributed by atoms with Crippen LogP contribution in [-0.2, 0) is 22.6 Å². The van der Waals surface area contributed by atoms with Gasteiger partial charge in [-0.1, -0.05) is 73.1 Å². The number of nitrogens with one attached hydrogen (secondary N) is 1. The van der Waals surface area contributed by atoms with Crippen LogP contribution in [0.15, 0.2) is 78.9 Å². The molecule has 0 saturated carbocycles. The lowest BCUT2D eigenvalue weighted by Gasteiger charge is -2.31.